The molecule has 1 amide bonds. The molecule has 0 aliphatic heterocycles. The summed E-state index contributed by atoms with van der Waals surface area (Å²) < 4.78 is 0. The molecule has 3 N–H and O–H groups in total. The molecule has 1 unspecified atom stereocenters. The smallest absolute Gasteiger partial charge is 0.230 e. The Bertz CT molecular complexity index is 480. The maximum atomic E-state index is 11.7. The Morgan fingerprint density at radius 2 is 2.20 bits per heavy atom. The predicted octanol–water partition coefficient (Wildman–Crippen LogP) is 3.08. The highest BCUT2D eigenvalue weighted by Crippen LogP contribution is 2.31. The molecule has 1 aromatic carbocycles. The first-order chi connectivity index (χ1) is 9.56. The number of thioether (sulfide) groups is 1. The Kier molecular flexibility index (Phi) is 6.02. The van der Waals surface area contributed by atoms with Gasteiger partial charge < -0.3 is 11.1 Å². The molecule has 2 rings (SSSR count). The number of halogens is 2. The van der Waals surface area contributed by atoms with E-state index < -0.39 is 0 Å². The minimum absolute atomic E-state index is 0.0242. The maximum absolute atomic E-state index is 11.7. The van der Waals surface area contributed by atoms with E-state index in [0.29, 0.717) is 34.0 Å². The van der Waals surface area contributed by atoms with Crippen molar-refractivity contribution >= 4 is 40.9 Å². The molecule has 1 atom stereocenters. The van der Waals surface area contributed by atoms with Gasteiger partial charge in [-0.05, 0) is 36.5 Å². The fraction of sp³-hybridized carbons (Fsp3) is 0.500. The van der Waals surface area contributed by atoms with Crippen molar-refractivity contribution in [1.82, 2.24) is 5.32 Å². The number of benzene rings is 1. The van der Waals surface area contributed by atoms with Crippen LogP contribution < -0.4 is 11.1 Å². The van der Waals surface area contributed by atoms with Crippen molar-refractivity contribution in [2.45, 2.75) is 24.6 Å². The van der Waals surface area contributed by atoms with Crippen molar-refractivity contribution in [1.29, 1.82) is 0 Å². The van der Waals surface area contributed by atoms with Crippen molar-refractivity contribution in [2.24, 2.45) is 11.7 Å². The zero-order valence-electron chi connectivity index (χ0n) is 11.1. The van der Waals surface area contributed by atoms with Crippen LogP contribution in [-0.4, -0.2) is 24.2 Å². The van der Waals surface area contributed by atoms with Crippen LogP contribution in [0.1, 0.15) is 18.4 Å². The average Bonchev–Trinajstić information content (AvgIpc) is 3.23. The summed E-state index contributed by atoms with van der Waals surface area (Å²) in [4.78, 5) is 11.7. The summed E-state index contributed by atoms with van der Waals surface area (Å²) in [5, 5.41) is 4.14. The van der Waals surface area contributed by atoms with Gasteiger partial charge in [-0.15, -0.1) is 11.8 Å². The zero-order chi connectivity index (χ0) is 14.5. The molecule has 1 fully saturated rings. The van der Waals surface area contributed by atoms with Gasteiger partial charge in [0.25, 0.3) is 0 Å². The second-order valence-electron chi connectivity index (χ2n) is 5.03. The Hall–Kier alpha value is -0.420. The van der Waals surface area contributed by atoms with E-state index in [2.05, 4.69) is 5.32 Å². The Morgan fingerprint density at radius 1 is 1.45 bits per heavy atom. The minimum atomic E-state index is 0.0242. The molecule has 0 radical (unpaired) electrons. The average molecular weight is 333 g/mol. The Morgan fingerprint density at radius 3 is 2.85 bits per heavy atom. The monoisotopic (exact) mass is 332 g/mol. The molecule has 1 aliphatic rings. The summed E-state index contributed by atoms with van der Waals surface area (Å²) in [6.07, 6.45) is 2.39. The van der Waals surface area contributed by atoms with Gasteiger partial charge in [0.15, 0.2) is 0 Å². The lowest BCUT2D eigenvalue weighted by atomic mass is 10.2. The first-order valence-corrected chi connectivity index (χ1v) is 8.51. The number of carbonyl (C=O) groups is 1. The van der Waals surface area contributed by atoms with Gasteiger partial charge in [0.2, 0.25) is 5.91 Å². The third-order valence-corrected chi connectivity index (χ3v) is 4.84. The molecule has 0 saturated heterocycles. The third kappa shape index (κ3) is 5.17. The van der Waals surface area contributed by atoms with Crippen molar-refractivity contribution < 1.29 is 4.79 Å². The SMILES string of the molecule is NC(CNC(=O)CSCc1ccc(Cl)cc1Cl)C1CC1. The summed E-state index contributed by atoms with van der Waals surface area (Å²) in [6, 6.07) is 5.51. The molecule has 3 nitrogen and oxygen atoms in total. The molecule has 1 aromatic rings. The fourth-order valence-electron chi connectivity index (χ4n) is 1.87. The van der Waals surface area contributed by atoms with Gasteiger partial charge >= 0.3 is 0 Å². The number of carbonyl (C=O) groups excluding carboxylic acids is 1. The normalized spacial score (nSPS) is 15.9. The van der Waals surface area contributed by atoms with Crippen molar-refractivity contribution in [3.8, 4) is 0 Å². The number of nitrogens with one attached hydrogen (secondary N) is 1. The topological polar surface area (TPSA) is 55.1 Å². The molecule has 1 aliphatic carbocycles. The van der Waals surface area contributed by atoms with Crippen LogP contribution in [0.15, 0.2) is 18.2 Å². The van der Waals surface area contributed by atoms with E-state index in [9.17, 15) is 4.79 Å². The van der Waals surface area contributed by atoms with E-state index in [0.717, 1.165) is 5.56 Å². The largest absolute Gasteiger partial charge is 0.354 e. The van der Waals surface area contributed by atoms with E-state index in [1.165, 1.54) is 24.6 Å². The Balaban J connectivity index is 1.65. The Labute approximate surface area is 133 Å². The van der Waals surface area contributed by atoms with Crippen LogP contribution in [0.2, 0.25) is 10.0 Å². The number of hydrogen-bond donors (Lipinski definition) is 2. The van der Waals surface area contributed by atoms with Crippen LogP contribution >= 0.6 is 35.0 Å². The summed E-state index contributed by atoms with van der Waals surface area (Å²) in [6.45, 7) is 0.575. The quantitative estimate of drug-likeness (QED) is 0.806. The van der Waals surface area contributed by atoms with E-state index >= 15 is 0 Å². The first-order valence-electron chi connectivity index (χ1n) is 6.60. The highest BCUT2D eigenvalue weighted by Gasteiger charge is 2.28. The zero-order valence-corrected chi connectivity index (χ0v) is 13.4. The van der Waals surface area contributed by atoms with Gasteiger partial charge in [0, 0.05) is 28.4 Å². The number of rotatable bonds is 7. The molecule has 0 bridgehead atoms. The second kappa shape index (κ2) is 7.55. The van der Waals surface area contributed by atoms with Crippen LogP contribution in [0.3, 0.4) is 0 Å². The van der Waals surface area contributed by atoms with Crippen LogP contribution in [0.5, 0.6) is 0 Å². The number of nitrogens with two attached hydrogens (primary N) is 1. The molecular weight excluding hydrogens is 315 g/mol. The standard InChI is InChI=1S/C14H18Cl2N2OS/c15-11-4-3-10(12(16)5-11)7-20-8-14(19)18-6-13(17)9-1-2-9/h3-5,9,13H,1-2,6-8,17H2,(H,18,19). The van der Waals surface area contributed by atoms with Crippen LogP contribution in [0.25, 0.3) is 0 Å². The van der Waals surface area contributed by atoms with Crippen LogP contribution in [-0.2, 0) is 10.5 Å². The lowest BCUT2D eigenvalue weighted by Crippen LogP contribution is -2.39. The van der Waals surface area contributed by atoms with Crippen LogP contribution in [0, 0.1) is 5.92 Å². The van der Waals surface area contributed by atoms with Crippen LogP contribution in [0.4, 0.5) is 0 Å². The third-order valence-electron chi connectivity index (χ3n) is 3.27. The van der Waals surface area contributed by atoms with E-state index in [1.54, 1.807) is 12.1 Å². The second-order valence-corrected chi connectivity index (χ2v) is 6.86. The molecule has 6 heteroatoms. The van der Waals surface area contributed by atoms with Crippen molar-refractivity contribution in [3.05, 3.63) is 33.8 Å². The summed E-state index contributed by atoms with van der Waals surface area (Å²) >= 11 is 13.4. The molecule has 110 valence electrons. The lowest BCUT2D eigenvalue weighted by Gasteiger charge is -2.11. The van der Waals surface area contributed by atoms with Crippen molar-refractivity contribution in [3.63, 3.8) is 0 Å². The molecule has 0 aromatic heterocycles. The highest BCUT2D eigenvalue weighted by atomic mass is 35.5. The van der Waals surface area contributed by atoms with E-state index in [1.807, 2.05) is 6.07 Å². The number of hydrogen-bond acceptors (Lipinski definition) is 3. The molecule has 1 saturated carbocycles. The molecule has 0 heterocycles. The van der Waals surface area contributed by atoms with Crippen molar-refractivity contribution in [2.75, 3.05) is 12.3 Å². The summed E-state index contributed by atoms with van der Waals surface area (Å²) in [5.74, 6) is 1.74. The molecule has 0 spiro atoms. The summed E-state index contributed by atoms with van der Waals surface area (Å²) in [5.41, 5.74) is 6.92. The van der Waals surface area contributed by atoms with Gasteiger partial charge in [-0.3, -0.25) is 4.79 Å². The molecular formula is C14H18Cl2N2OS. The lowest BCUT2D eigenvalue weighted by molar-refractivity contribution is -0.118. The number of amides is 1. The summed E-state index contributed by atoms with van der Waals surface area (Å²) in [7, 11) is 0. The predicted molar refractivity (Wildman–Crippen MR) is 86.3 cm³/mol. The molecule has 20 heavy (non-hydrogen) atoms. The first kappa shape index (κ1) is 16.0. The highest BCUT2D eigenvalue weighted by molar-refractivity contribution is 7.99. The van der Waals surface area contributed by atoms with Gasteiger partial charge in [-0.2, -0.15) is 0 Å². The van der Waals surface area contributed by atoms with Gasteiger partial charge in [-0.25, -0.2) is 0 Å². The van der Waals surface area contributed by atoms with Gasteiger partial charge in [0.05, 0.1) is 5.75 Å². The van der Waals surface area contributed by atoms with E-state index in [4.69, 9.17) is 28.9 Å². The fourth-order valence-corrected chi connectivity index (χ4v) is 3.28. The maximum Gasteiger partial charge on any atom is 0.230 e. The van der Waals surface area contributed by atoms with Gasteiger partial charge in [-0.1, -0.05) is 29.3 Å². The minimum Gasteiger partial charge on any atom is -0.354 e. The van der Waals surface area contributed by atoms with E-state index in [-0.39, 0.29) is 11.9 Å². The van der Waals surface area contributed by atoms with Gasteiger partial charge in [0.1, 0.15) is 0 Å².